The Bertz CT molecular complexity index is 833. The molecule has 1 atom stereocenters. The Morgan fingerprint density at radius 1 is 1.13 bits per heavy atom. The maximum atomic E-state index is 12.6. The Balaban J connectivity index is 2.42. The molecule has 2 aromatic carbocycles. The monoisotopic (exact) mass is 326 g/mol. The first-order valence-electron chi connectivity index (χ1n) is 7.18. The van der Waals surface area contributed by atoms with Crippen molar-refractivity contribution >= 4 is 10.0 Å². The summed E-state index contributed by atoms with van der Waals surface area (Å²) in [5, 5.41) is 9.31. The molecule has 1 unspecified atom stereocenters. The van der Waals surface area contributed by atoms with Crippen molar-refractivity contribution in [2.75, 3.05) is 0 Å². The average molecular weight is 326 g/mol. The van der Waals surface area contributed by atoms with E-state index in [1.165, 1.54) is 0 Å². The molecule has 2 aromatic rings. The number of nitriles is 1. The fraction of sp³-hybridized carbons (Fsp3) is 0.167. The zero-order valence-electron chi connectivity index (χ0n) is 13.0. The van der Waals surface area contributed by atoms with Crippen LogP contribution < -0.4 is 4.72 Å². The highest BCUT2D eigenvalue weighted by atomic mass is 32.2. The molecular weight excluding hydrogens is 308 g/mol. The quantitative estimate of drug-likeness (QED) is 0.855. The van der Waals surface area contributed by atoms with Crippen LogP contribution in [0.2, 0.25) is 0 Å². The number of rotatable bonds is 5. The zero-order chi connectivity index (χ0) is 16.9. The Morgan fingerprint density at radius 3 is 2.26 bits per heavy atom. The summed E-state index contributed by atoms with van der Waals surface area (Å²) in [6.45, 7) is 3.61. The number of hydrogen-bond donors (Lipinski definition) is 1. The van der Waals surface area contributed by atoms with E-state index in [0.717, 1.165) is 11.1 Å². The topological polar surface area (TPSA) is 70.0 Å². The lowest BCUT2D eigenvalue weighted by Gasteiger charge is -2.18. The van der Waals surface area contributed by atoms with Crippen molar-refractivity contribution in [3.05, 3.63) is 77.4 Å². The average Bonchev–Trinajstić information content (AvgIpc) is 2.56. The van der Waals surface area contributed by atoms with Crippen LogP contribution in [0, 0.1) is 18.3 Å². The molecule has 0 radical (unpaired) electrons. The number of hydrogen-bond acceptors (Lipinski definition) is 3. The molecule has 0 saturated heterocycles. The van der Waals surface area contributed by atoms with E-state index >= 15 is 0 Å². The van der Waals surface area contributed by atoms with Crippen LogP contribution in [0.15, 0.2) is 71.1 Å². The normalized spacial score (nSPS) is 13.3. The van der Waals surface area contributed by atoms with Crippen molar-refractivity contribution in [1.82, 2.24) is 4.72 Å². The molecule has 0 amide bonds. The molecule has 0 aliphatic heterocycles. The van der Waals surface area contributed by atoms with Crippen LogP contribution >= 0.6 is 0 Å². The van der Waals surface area contributed by atoms with Gasteiger partial charge < -0.3 is 0 Å². The highest BCUT2D eigenvalue weighted by molar-refractivity contribution is 7.89. The van der Waals surface area contributed by atoms with Gasteiger partial charge in [0.1, 0.15) is 0 Å². The van der Waals surface area contributed by atoms with E-state index in [4.69, 9.17) is 0 Å². The molecule has 0 fully saturated rings. The molecule has 4 nitrogen and oxygen atoms in total. The van der Waals surface area contributed by atoms with Gasteiger partial charge in [-0.1, -0.05) is 54.1 Å². The van der Waals surface area contributed by atoms with Gasteiger partial charge in [-0.25, -0.2) is 8.42 Å². The maximum Gasteiger partial charge on any atom is 0.241 e. The lowest BCUT2D eigenvalue weighted by molar-refractivity contribution is 0.572. The summed E-state index contributed by atoms with van der Waals surface area (Å²) >= 11 is 0. The van der Waals surface area contributed by atoms with Gasteiger partial charge in [0.05, 0.1) is 17.0 Å². The van der Waals surface area contributed by atoms with E-state index in [1.54, 1.807) is 49.4 Å². The van der Waals surface area contributed by atoms with Crippen molar-refractivity contribution in [2.45, 2.75) is 24.8 Å². The molecule has 118 valence electrons. The van der Waals surface area contributed by atoms with Crippen molar-refractivity contribution in [1.29, 1.82) is 5.26 Å². The fourth-order valence-electron chi connectivity index (χ4n) is 2.19. The molecule has 2 rings (SSSR count). The van der Waals surface area contributed by atoms with Crippen LogP contribution in [0.5, 0.6) is 0 Å². The lowest BCUT2D eigenvalue weighted by atomic mass is 10.0. The second-order valence-electron chi connectivity index (χ2n) is 5.13. The molecule has 0 heterocycles. The molecule has 0 aliphatic carbocycles. The predicted octanol–water partition coefficient (Wildman–Crippen LogP) is 3.48. The summed E-state index contributed by atoms with van der Waals surface area (Å²) in [7, 11) is -3.73. The van der Waals surface area contributed by atoms with E-state index in [1.807, 2.05) is 25.1 Å². The fourth-order valence-corrected chi connectivity index (χ4v) is 3.40. The third-order valence-corrected chi connectivity index (χ3v) is 4.93. The van der Waals surface area contributed by atoms with Gasteiger partial charge in [0.25, 0.3) is 0 Å². The minimum absolute atomic E-state index is 0.178. The van der Waals surface area contributed by atoms with Gasteiger partial charge in [-0.3, -0.25) is 0 Å². The van der Waals surface area contributed by atoms with E-state index in [9.17, 15) is 13.7 Å². The van der Waals surface area contributed by atoms with Gasteiger partial charge in [0, 0.05) is 5.57 Å². The Morgan fingerprint density at radius 2 is 1.74 bits per heavy atom. The molecule has 0 spiro atoms. The third kappa shape index (κ3) is 4.07. The van der Waals surface area contributed by atoms with Crippen LogP contribution in [0.3, 0.4) is 0 Å². The highest BCUT2D eigenvalue weighted by Crippen LogP contribution is 2.24. The molecule has 0 aromatic heterocycles. The van der Waals surface area contributed by atoms with Gasteiger partial charge in [-0.15, -0.1) is 0 Å². The number of aryl methyl sites for hydroxylation is 1. The summed E-state index contributed by atoms with van der Waals surface area (Å²) in [4.78, 5) is 0.178. The van der Waals surface area contributed by atoms with Crippen LogP contribution in [-0.2, 0) is 10.0 Å². The molecule has 0 saturated carbocycles. The maximum absolute atomic E-state index is 12.6. The molecular formula is C18H18N2O2S. The first kappa shape index (κ1) is 16.9. The Hall–Kier alpha value is -2.42. The third-order valence-electron chi connectivity index (χ3n) is 3.49. The molecule has 0 bridgehead atoms. The molecule has 5 heteroatoms. The number of benzene rings is 2. The lowest BCUT2D eigenvalue weighted by Crippen LogP contribution is -2.29. The van der Waals surface area contributed by atoms with Crippen LogP contribution in [-0.4, -0.2) is 8.42 Å². The Labute approximate surface area is 137 Å². The minimum Gasteiger partial charge on any atom is -0.207 e. The highest BCUT2D eigenvalue weighted by Gasteiger charge is 2.24. The number of nitrogens with one attached hydrogen (secondary N) is 1. The molecule has 23 heavy (non-hydrogen) atoms. The number of sulfonamides is 1. The molecule has 1 N–H and O–H groups in total. The van der Waals surface area contributed by atoms with Crippen LogP contribution in [0.4, 0.5) is 0 Å². The van der Waals surface area contributed by atoms with Crippen molar-refractivity contribution in [3.63, 3.8) is 0 Å². The zero-order valence-corrected chi connectivity index (χ0v) is 13.8. The summed E-state index contributed by atoms with van der Waals surface area (Å²) in [5.74, 6) is 0. The van der Waals surface area contributed by atoms with Crippen LogP contribution in [0.25, 0.3) is 0 Å². The first-order valence-corrected chi connectivity index (χ1v) is 8.66. The standard InChI is InChI=1S/C18H18N2O2S/c1-3-15(13-19)18(16-7-5-4-6-8-16)20-23(21,22)17-11-9-14(2)10-12-17/h3-12,18,20H,1-2H3/b15-3-. The van der Waals surface area contributed by atoms with Gasteiger partial charge >= 0.3 is 0 Å². The van der Waals surface area contributed by atoms with E-state index < -0.39 is 16.1 Å². The van der Waals surface area contributed by atoms with Gasteiger partial charge in [-0.2, -0.15) is 9.98 Å². The van der Waals surface area contributed by atoms with Gasteiger partial charge in [-0.05, 0) is 31.5 Å². The van der Waals surface area contributed by atoms with Gasteiger partial charge in [0.15, 0.2) is 0 Å². The summed E-state index contributed by atoms with van der Waals surface area (Å²) in [5.41, 5.74) is 2.06. The van der Waals surface area contributed by atoms with E-state index in [0.29, 0.717) is 5.57 Å². The second kappa shape index (κ2) is 7.23. The summed E-state index contributed by atoms with van der Waals surface area (Å²) in [6, 6.07) is 17.0. The minimum atomic E-state index is -3.73. The van der Waals surface area contributed by atoms with Gasteiger partial charge in [0.2, 0.25) is 10.0 Å². The number of nitrogens with zero attached hydrogens (tertiary/aromatic N) is 1. The van der Waals surface area contributed by atoms with Crippen LogP contribution in [0.1, 0.15) is 24.1 Å². The van der Waals surface area contributed by atoms with Crippen molar-refractivity contribution < 1.29 is 8.42 Å². The van der Waals surface area contributed by atoms with E-state index in [2.05, 4.69) is 10.8 Å². The number of allylic oxidation sites excluding steroid dienone is 1. The SMILES string of the molecule is C/C=C(/C#N)C(NS(=O)(=O)c1ccc(C)cc1)c1ccccc1. The van der Waals surface area contributed by atoms with Crippen molar-refractivity contribution in [2.24, 2.45) is 0 Å². The van der Waals surface area contributed by atoms with E-state index in [-0.39, 0.29) is 4.90 Å². The smallest absolute Gasteiger partial charge is 0.207 e. The second-order valence-corrected chi connectivity index (χ2v) is 6.85. The Kier molecular flexibility index (Phi) is 5.32. The molecule has 0 aliphatic rings. The summed E-state index contributed by atoms with van der Waals surface area (Å²) < 4.78 is 27.9. The largest absolute Gasteiger partial charge is 0.241 e. The first-order chi connectivity index (χ1) is 11.0. The predicted molar refractivity (Wildman–Crippen MR) is 90.1 cm³/mol. The van der Waals surface area contributed by atoms with Crippen molar-refractivity contribution in [3.8, 4) is 6.07 Å². The summed E-state index contributed by atoms with van der Waals surface area (Å²) in [6.07, 6.45) is 1.62.